The third kappa shape index (κ3) is 3.39. The standard InChI is InChI=1S/C20H20N6/c1-26-20-17(14-23-26)19(22-11-5-8-15-6-3-2-4-7-15)24-18(25-20)16-9-12-21-13-10-16/h2-4,6-7,9-10,12-14H,5,8,11H2,1H3,(H,22,24,25). The van der Waals surface area contributed by atoms with Crippen LogP contribution in [0, 0.1) is 0 Å². The molecule has 0 aliphatic rings. The third-order valence-electron chi connectivity index (χ3n) is 4.31. The molecule has 1 aromatic carbocycles. The summed E-state index contributed by atoms with van der Waals surface area (Å²) in [6, 6.07) is 14.3. The lowest BCUT2D eigenvalue weighted by molar-refractivity contribution is 0.786. The molecule has 6 nitrogen and oxygen atoms in total. The van der Waals surface area contributed by atoms with Gasteiger partial charge in [-0.3, -0.25) is 9.67 Å². The minimum Gasteiger partial charge on any atom is -0.369 e. The number of anilines is 1. The first kappa shape index (κ1) is 16.2. The van der Waals surface area contributed by atoms with Gasteiger partial charge in [0.2, 0.25) is 0 Å². The predicted molar refractivity (Wildman–Crippen MR) is 103 cm³/mol. The van der Waals surface area contributed by atoms with E-state index in [0.717, 1.165) is 41.8 Å². The van der Waals surface area contributed by atoms with Crippen LogP contribution in [0.2, 0.25) is 0 Å². The third-order valence-corrected chi connectivity index (χ3v) is 4.31. The zero-order valence-corrected chi connectivity index (χ0v) is 14.6. The van der Waals surface area contributed by atoms with Gasteiger partial charge in [-0.1, -0.05) is 30.3 Å². The maximum Gasteiger partial charge on any atom is 0.164 e. The van der Waals surface area contributed by atoms with Crippen molar-refractivity contribution in [3.63, 3.8) is 0 Å². The number of fused-ring (bicyclic) bond motifs is 1. The molecule has 0 radical (unpaired) electrons. The summed E-state index contributed by atoms with van der Waals surface area (Å²) in [7, 11) is 1.89. The van der Waals surface area contributed by atoms with E-state index in [1.165, 1.54) is 5.56 Å². The van der Waals surface area contributed by atoms with Crippen LogP contribution in [-0.4, -0.2) is 31.3 Å². The number of rotatable bonds is 6. The highest BCUT2D eigenvalue weighted by molar-refractivity contribution is 5.88. The Morgan fingerprint density at radius 2 is 1.81 bits per heavy atom. The van der Waals surface area contributed by atoms with Crippen LogP contribution in [0.4, 0.5) is 5.82 Å². The van der Waals surface area contributed by atoms with E-state index in [0.29, 0.717) is 5.82 Å². The number of nitrogens with one attached hydrogen (secondary N) is 1. The van der Waals surface area contributed by atoms with Crippen LogP contribution in [0.15, 0.2) is 61.1 Å². The second-order valence-corrected chi connectivity index (χ2v) is 6.15. The lowest BCUT2D eigenvalue weighted by Crippen LogP contribution is -2.07. The van der Waals surface area contributed by atoms with Crippen LogP contribution in [0.3, 0.4) is 0 Å². The fourth-order valence-electron chi connectivity index (χ4n) is 2.93. The van der Waals surface area contributed by atoms with Crippen molar-refractivity contribution in [3.8, 4) is 11.4 Å². The first-order chi connectivity index (χ1) is 12.8. The number of hydrogen-bond acceptors (Lipinski definition) is 5. The predicted octanol–water partition coefficient (Wildman–Crippen LogP) is 3.47. The van der Waals surface area contributed by atoms with Crippen molar-refractivity contribution in [1.29, 1.82) is 0 Å². The molecule has 4 rings (SSSR count). The summed E-state index contributed by atoms with van der Waals surface area (Å²) in [6.45, 7) is 0.839. The van der Waals surface area contributed by atoms with Gasteiger partial charge in [-0.25, -0.2) is 9.97 Å². The number of aromatic nitrogens is 5. The van der Waals surface area contributed by atoms with E-state index >= 15 is 0 Å². The Bertz CT molecular complexity index is 995. The van der Waals surface area contributed by atoms with Gasteiger partial charge in [-0.15, -0.1) is 0 Å². The molecule has 0 saturated heterocycles. The smallest absolute Gasteiger partial charge is 0.164 e. The van der Waals surface area contributed by atoms with E-state index in [4.69, 9.17) is 4.98 Å². The molecule has 4 aromatic rings. The van der Waals surface area contributed by atoms with E-state index in [2.05, 4.69) is 44.6 Å². The Kier molecular flexibility index (Phi) is 4.55. The van der Waals surface area contributed by atoms with Gasteiger partial charge in [0.25, 0.3) is 0 Å². The van der Waals surface area contributed by atoms with Crippen molar-refractivity contribution in [2.45, 2.75) is 12.8 Å². The minimum atomic E-state index is 0.675. The van der Waals surface area contributed by atoms with Gasteiger partial charge in [0.05, 0.1) is 11.6 Å². The quantitative estimate of drug-likeness (QED) is 0.543. The van der Waals surface area contributed by atoms with Gasteiger partial charge in [0.15, 0.2) is 11.5 Å². The van der Waals surface area contributed by atoms with Crippen LogP contribution in [0.25, 0.3) is 22.4 Å². The number of nitrogens with zero attached hydrogens (tertiary/aromatic N) is 5. The van der Waals surface area contributed by atoms with Gasteiger partial charge in [0.1, 0.15) is 5.82 Å². The summed E-state index contributed by atoms with van der Waals surface area (Å²) < 4.78 is 1.77. The van der Waals surface area contributed by atoms with Gasteiger partial charge < -0.3 is 5.32 Å². The molecular formula is C20H20N6. The Morgan fingerprint density at radius 3 is 2.62 bits per heavy atom. The zero-order valence-electron chi connectivity index (χ0n) is 14.6. The number of hydrogen-bond donors (Lipinski definition) is 1. The largest absolute Gasteiger partial charge is 0.369 e. The van der Waals surface area contributed by atoms with E-state index < -0.39 is 0 Å². The van der Waals surface area contributed by atoms with Crippen LogP contribution < -0.4 is 5.32 Å². The fourth-order valence-corrected chi connectivity index (χ4v) is 2.93. The molecule has 6 heteroatoms. The molecule has 1 N–H and O–H groups in total. The summed E-state index contributed by atoms with van der Waals surface area (Å²) in [5, 5.41) is 8.73. The first-order valence-corrected chi connectivity index (χ1v) is 8.69. The van der Waals surface area contributed by atoms with E-state index in [1.807, 2.05) is 31.4 Å². The normalized spacial score (nSPS) is 11.0. The maximum absolute atomic E-state index is 4.73. The highest BCUT2D eigenvalue weighted by atomic mass is 15.3. The molecule has 0 spiro atoms. The zero-order chi connectivity index (χ0) is 17.8. The van der Waals surface area contributed by atoms with Gasteiger partial charge in [0, 0.05) is 31.5 Å². The second kappa shape index (κ2) is 7.31. The van der Waals surface area contributed by atoms with Crippen molar-refractivity contribution < 1.29 is 0 Å². The monoisotopic (exact) mass is 344 g/mol. The SMILES string of the molecule is Cn1ncc2c(NCCCc3ccccc3)nc(-c3ccncc3)nc21. The molecule has 3 aromatic heterocycles. The topological polar surface area (TPSA) is 68.5 Å². The maximum atomic E-state index is 4.73. The van der Waals surface area contributed by atoms with Crippen molar-refractivity contribution in [2.24, 2.45) is 7.05 Å². The summed E-state index contributed by atoms with van der Waals surface area (Å²) in [6.07, 6.45) is 7.37. The minimum absolute atomic E-state index is 0.675. The molecule has 130 valence electrons. The van der Waals surface area contributed by atoms with E-state index in [1.54, 1.807) is 17.1 Å². The Labute approximate surface area is 152 Å². The lowest BCUT2D eigenvalue weighted by atomic mass is 10.1. The summed E-state index contributed by atoms with van der Waals surface area (Å²) in [4.78, 5) is 13.5. The summed E-state index contributed by atoms with van der Waals surface area (Å²) >= 11 is 0. The van der Waals surface area contributed by atoms with Crippen LogP contribution >= 0.6 is 0 Å². The molecule has 0 fully saturated rings. The molecule has 26 heavy (non-hydrogen) atoms. The van der Waals surface area contributed by atoms with Crippen LogP contribution in [0.5, 0.6) is 0 Å². The van der Waals surface area contributed by atoms with Gasteiger partial charge >= 0.3 is 0 Å². The average molecular weight is 344 g/mol. The molecule has 3 heterocycles. The summed E-state index contributed by atoms with van der Waals surface area (Å²) in [5.74, 6) is 1.50. The Balaban J connectivity index is 1.55. The van der Waals surface area contributed by atoms with Crippen molar-refractivity contribution in [2.75, 3.05) is 11.9 Å². The van der Waals surface area contributed by atoms with Gasteiger partial charge in [-0.05, 0) is 30.5 Å². The molecule has 0 unspecified atom stereocenters. The Morgan fingerprint density at radius 1 is 1.00 bits per heavy atom. The van der Waals surface area contributed by atoms with Gasteiger partial charge in [-0.2, -0.15) is 5.10 Å². The molecular weight excluding hydrogens is 324 g/mol. The molecule has 0 aliphatic carbocycles. The van der Waals surface area contributed by atoms with Crippen molar-refractivity contribution >= 4 is 16.9 Å². The van der Waals surface area contributed by atoms with E-state index in [9.17, 15) is 0 Å². The molecule has 0 bridgehead atoms. The van der Waals surface area contributed by atoms with Crippen LogP contribution in [0.1, 0.15) is 12.0 Å². The molecule has 0 aliphatic heterocycles. The van der Waals surface area contributed by atoms with Crippen LogP contribution in [-0.2, 0) is 13.5 Å². The lowest BCUT2D eigenvalue weighted by Gasteiger charge is -2.09. The van der Waals surface area contributed by atoms with Crippen molar-refractivity contribution in [3.05, 3.63) is 66.6 Å². The number of pyridine rings is 1. The molecule has 0 amide bonds. The molecule has 0 saturated carbocycles. The number of benzene rings is 1. The molecule has 0 atom stereocenters. The highest BCUT2D eigenvalue weighted by Crippen LogP contribution is 2.24. The fraction of sp³-hybridized carbons (Fsp3) is 0.200. The second-order valence-electron chi connectivity index (χ2n) is 6.15. The number of aryl methyl sites for hydroxylation is 2. The van der Waals surface area contributed by atoms with Crippen molar-refractivity contribution in [1.82, 2.24) is 24.7 Å². The Hall–Kier alpha value is -3.28. The summed E-state index contributed by atoms with van der Waals surface area (Å²) in [5.41, 5.74) is 3.11. The first-order valence-electron chi connectivity index (χ1n) is 8.69. The van der Waals surface area contributed by atoms with E-state index in [-0.39, 0.29) is 0 Å². The average Bonchev–Trinajstić information content (AvgIpc) is 3.08. The highest BCUT2D eigenvalue weighted by Gasteiger charge is 2.12.